The predicted molar refractivity (Wildman–Crippen MR) is 56.2 cm³/mol. The smallest absolute Gasteiger partial charge is 0.449 e. The van der Waals surface area contributed by atoms with E-state index in [0.717, 1.165) is 6.92 Å². The highest BCUT2D eigenvalue weighted by molar-refractivity contribution is 5.87. The van der Waals surface area contributed by atoms with Gasteiger partial charge in [0.05, 0.1) is 0 Å². The summed E-state index contributed by atoms with van der Waals surface area (Å²) in [5, 5.41) is 9.08. The zero-order valence-electron chi connectivity index (χ0n) is 11.3. The van der Waals surface area contributed by atoms with Crippen LogP contribution >= 0.6 is 0 Å². The van der Waals surface area contributed by atoms with Crippen LogP contribution < -0.4 is 0 Å². The highest BCUT2D eigenvalue weighted by atomic mass is 19.4. The maximum atomic E-state index is 13.8. The second-order valence-corrected chi connectivity index (χ2v) is 4.82. The van der Waals surface area contributed by atoms with E-state index in [0.29, 0.717) is 0 Å². The predicted octanol–water partition coefficient (Wildman–Crippen LogP) is 2.71. The molecule has 1 fully saturated rings. The Kier molecular flexibility index (Phi) is 4.76. The zero-order valence-corrected chi connectivity index (χ0v) is 11.3. The molecule has 3 unspecified atom stereocenters. The minimum atomic E-state index is -6.28. The van der Waals surface area contributed by atoms with Gasteiger partial charge in [0, 0.05) is 12.0 Å². The van der Waals surface area contributed by atoms with E-state index >= 15 is 0 Å². The number of hydrogen-bond acceptors (Lipinski definition) is 4. The number of rotatable bonds is 2. The molecular weight excluding hydrogens is 348 g/mol. The van der Waals surface area contributed by atoms with Gasteiger partial charge in [-0.2, -0.15) is 35.1 Å². The highest BCUT2D eigenvalue weighted by Crippen LogP contribution is 2.52. The topological polar surface area (TPSA) is 55.8 Å². The summed E-state index contributed by atoms with van der Waals surface area (Å²) in [5.74, 6) is -12.5. The van der Waals surface area contributed by atoms with Crippen molar-refractivity contribution in [3.8, 4) is 0 Å². The Morgan fingerprint density at radius 3 is 2.09 bits per heavy atom. The number of carbonyl (C=O) groups is 1. The minimum absolute atomic E-state index is 0.536. The SMILES string of the molecule is C=C(C)C(=O)OC1CC(C(F)(F)F)OC(O)(C(F)(F)F)C1(F)F. The Morgan fingerprint density at radius 1 is 1.26 bits per heavy atom. The van der Waals surface area contributed by atoms with Crippen LogP contribution in [0.3, 0.4) is 0 Å². The molecule has 0 bridgehead atoms. The van der Waals surface area contributed by atoms with Crippen molar-refractivity contribution in [1.29, 1.82) is 0 Å². The second-order valence-electron chi connectivity index (χ2n) is 4.82. The monoisotopic (exact) mass is 358 g/mol. The summed E-state index contributed by atoms with van der Waals surface area (Å²) in [6, 6.07) is 0. The molecule has 134 valence electrons. The molecule has 1 rings (SSSR count). The molecule has 1 heterocycles. The lowest BCUT2D eigenvalue weighted by molar-refractivity contribution is -0.482. The van der Waals surface area contributed by atoms with Crippen molar-refractivity contribution in [2.75, 3.05) is 0 Å². The van der Waals surface area contributed by atoms with Gasteiger partial charge in [-0.05, 0) is 6.92 Å². The summed E-state index contributed by atoms with van der Waals surface area (Å²) in [4.78, 5) is 11.2. The van der Waals surface area contributed by atoms with Gasteiger partial charge in [-0.1, -0.05) is 6.58 Å². The Hall–Kier alpha value is -1.43. The summed E-state index contributed by atoms with van der Waals surface area (Å²) in [6.07, 6.45) is -20.3. The molecule has 0 spiro atoms. The second kappa shape index (κ2) is 5.58. The summed E-state index contributed by atoms with van der Waals surface area (Å²) in [6.45, 7) is 3.91. The molecule has 0 radical (unpaired) electrons. The molecule has 4 nitrogen and oxygen atoms in total. The molecule has 0 aromatic carbocycles. The summed E-state index contributed by atoms with van der Waals surface area (Å²) in [7, 11) is 0. The van der Waals surface area contributed by atoms with Crippen molar-refractivity contribution < 1.29 is 54.5 Å². The van der Waals surface area contributed by atoms with E-state index in [2.05, 4.69) is 16.1 Å². The first kappa shape index (κ1) is 19.6. The quantitative estimate of drug-likeness (QED) is 0.469. The Bertz CT molecular complexity index is 497. The Morgan fingerprint density at radius 2 is 1.74 bits per heavy atom. The van der Waals surface area contributed by atoms with Gasteiger partial charge in [-0.15, -0.1) is 0 Å². The average molecular weight is 358 g/mol. The highest BCUT2D eigenvalue weighted by Gasteiger charge is 2.79. The fourth-order valence-electron chi connectivity index (χ4n) is 1.70. The number of aliphatic hydroxyl groups is 1. The standard InChI is InChI=1S/C11H10F8O4/c1-4(2)7(20)22-5-3-6(9(14,15)16)23-10(21,8(5,12)13)11(17,18)19/h5-6,21H,1,3H2,2H3. The van der Waals surface area contributed by atoms with Crippen LogP contribution in [0.15, 0.2) is 12.2 Å². The van der Waals surface area contributed by atoms with E-state index in [-0.39, 0.29) is 0 Å². The minimum Gasteiger partial charge on any atom is -0.452 e. The number of ether oxygens (including phenoxy) is 2. The number of hydrogen-bond donors (Lipinski definition) is 1. The normalized spacial score (nSPS) is 31.6. The molecule has 1 aliphatic rings. The van der Waals surface area contributed by atoms with Gasteiger partial charge in [0.15, 0.2) is 12.2 Å². The molecule has 0 amide bonds. The number of alkyl halides is 8. The maximum Gasteiger partial charge on any atom is 0.449 e. The van der Waals surface area contributed by atoms with Crippen molar-refractivity contribution in [3.63, 3.8) is 0 Å². The Balaban J connectivity index is 3.32. The first-order valence-electron chi connectivity index (χ1n) is 5.82. The van der Waals surface area contributed by atoms with Crippen LogP contribution in [0, 0.1) is 0 Å². The zero-order chi connectivity index (χ0) is 18.4. The van der Waals surface area contributed by atoms with Gasteiger partial charge in [0.1, 0.15) is 0 Å². The van der Waals surface area contributed by atoms with Gasteiger partial charge >= 0.3 is 30.0 Å². The van der Waals surface area contributed by atoms with Crippen molar-refractivity contribution >= 4 is 5.97 Å². The largest absolute Gasteiger partial charge is 0.452 e. The molecule has 3 atom stereocenters. The molecule has 1 N–H and O–H groups in total. The van der Waals surface area contributed by atoms with E-state index in [9.17, 15) is 39.9 Å². The first-order valence-corrected chi connectivity index (χ1v) is 5.82. The molecule has 0 aromatic rings. The van der Waals surface area contributed by atoms with Crippen LogP contribution in [0.1, 0.15) is 13.3 Å². The van der Waals surface area contributed by atoms with E-state index in [1.165, 1.54) is 0 Å². The number of halogens is 8. The third-order valence-electron chi connectivity index (χ3n) is 2.94. The molecule has 12 heteroatoms. The molecule has 1 saturated heterocycles. The van der Waals surface area contributed by atoms with Gasteiger partial charge in [0.25, 0.3) is 0 Å². The van der Waals surface area contributed by atoms with E-state index in [1.54, 1.807) is 0 Å². The average Bonchev–Trinajstić information content (AvgIpc) is 2.31. The van der Waals surface area contributed by atoms with Gasteiger partial charge < -0.3 is 14.6 Å². The van der Waals surface area contributed by atoms with Crippen molar-refractivity contribution in [3.05, 3.63) is 12.2 Å². The van der Waals surface area contributed by atoms with E-state index in [4.69, 9.17) is 5.11 Å². The molecule has 23 heavy (non-hydrogen) atoms. The molecule has 0 aromatic heterocycles. The first-order chi connectivity index (χ1) is 10.0. The van der Waals surface area contributed by atoms with Gasteiger partial charge in [-0.3, -0.25) is 0 Å². The molecular formula is C11H10F8O4. The molecule has 0 aliphatic carbocycles. The van der Waals surface area contributed by atoms with Crippen LogP contribution in [-0.2, 0) is 14.3 Å². The van der Waals surface area contributed by atoms with Crippen LogP contribution in [0.2, 0.25) is 0 Å². The molecule has 0 saturated carbocycles. The van der Waals surface area contributed by atoms with Crippen molar-refractivity contribution in [2.24, 2.45) is 0 Å². The third-order valence-corrected chi connectivity index (χ3v) is 2.94. The fraction of sp³-hybridized carbons (Fsp3) is 0.727. The fourth-order valence-corrected chi connectivity index (χ4v) is 1.70. The summed E-state index contributed by atoms with van der Waals surface area (Å²) in [5.41, 5.74) is -0.536. The van der Waals surface area contributed by atoms with Crippen molar-refractivity contribution in [1.82, 2.24) is 0 Å². The summed E-state index contributed by atoms with van der Waals surface area (Å²) >= 11 is 0. The van der Waals surface area contributed by atoms with Gasteiger partial charge in [-0.25, -0.2) is 4.79 Å². The van der Waals surface area contributed by atoms with E-state index in [1.807, 2.05) is 0 Å². The van der Waals surface area contributed by atoms with Crippen LogP contribution in [-0.4, -0.2) is 47.3 Å². The van der Waals surface area contributed by atoms with Crippen LogP contribution in [0.25, 0.3) is 0 Å². The van der Waals surface area contributed by atoms with E-state index < -0.39 is 54.2 Å². The lowest BCUT2D eigenvalue weighted by Crippen LogP contribution is -2.71. The Labute approximate surface area is 123 Å². The lowest BCUT2D eigenvalue weighted by atomic mass is 9.92. The number of carbonyl (C=O) groups excluding carboxylic acids is 1. The van der Waals surface area contributed by atoms with Crippen LogP contribution in [0.4, 0.5) is 35.1 Å². The van der Waals surface area contributed by atoms with Gasteiger partial charge in [0.2, 0.25) is 0 Å². The molecule has 1 aliphatic heterocycles. The number of esters is 1. The van der Waals surface area contributed by atoms with Crippen LogP contribution in [0.5, 0.6) is 0 Å². The lowest BCUT2D eigenvalue weighted by Gasteiger charge is -2.46. The third kappa shape index (κ3) is 3.42. The summed E-state index contributed by atoms with van der Waals surface area (Å²) < 4.78 is 111. The van der Waals surface area contributed by atoms with Crippen molar-refractivity contribution in [2.45, 2.75) is 49.6 Å². The maximum absolute atomic E-state index is 13.8.